The van der Waals surface area contributed by atoms with Crippen LogP contribution in [0.2, 0.25) is 0 Å². The van der Waals surface area contributed by atoms with Gasteiger partial charge in [-0.25, -0.2) is 4.98 Å². The number of benzene rings is 1. The molecule has 0 unspecified atom stereocenters. The third-order valence-corrected chi connectivity index (χ3v) is 5.29. The van der Waals surface area contributed by atoms with Crippen LogP contribution in [0.4, 0.5) is 0 Å². The lowest BCUT2D eigenvalue weighted by molar-refractivity contribution is -0.130. The number of carbonyl (C=O) groups excluding carboxylic acids is 2. The summed E-state index contributed by atoms with van der Waals surface area (Å²) >= 11 is 0. The maximum Gasteiger partial charge on any atom is 0.289 e. The molecule has 0 fully saturated rings. The lowest BCUT2D eigenvalue weighted by Gasteiger charge is -2.27. The molecule has 0 spiro atoms. The van der Waals surface area contributed by atoms with Gasteiger partial charge in [0.2, 0.25) is 5.91 Å². The number of imidazole rings is 1. The Morgan fingerprint density at radius 1 is 1.20 bits per heavy atom. The molecule has 1 aliphatic rings. The molecule has 7 nitrogen and oxygen atoms in total. The van der Waals surface area contributed by atoms with Crippen LogP contribution in [0.1, 0.15) is 34.7 Å². The van der Waals surface area contributed by atoms with Crippen LogP contribution in [0, 0.1) is 0 Å². The molecule has 3 heterocycles. The molecule has 0 saturated carbocycles. The molecule has 154 valence electrons. The van der Waals surface area contributed by atoms with Crippen molar-refractivity contribution in [3.05, 3.63) is 65.8 Å². The van der Waals surface area contributed by atoms with Crippen LogP contribution in [0.3, 0.4) is 0 Å². The van der Waals surface area contributed by atoms with Crippen LogP contribution in [-0.2, 0) is 11.2 Å². The summed E-state index contributed by atoms with van der Waals surface area (Å²) in [5, 5.41) is 0. The van der Waals surface area contributed by atoms with Crippen molar-refractivity contribution in [1.82, 2.24) is 24.8 Å². The summed E-state index contributed by atoms with van der Waals surface area (Å²) in [6.07, 6.45) is 5.88. The summed E-state index contributed by atoms with van der Waals surface area (Å²) in [4.78, 5) is 40.1. The predicted octanol–water partition coefficient (Wildman–Crippen LogP) is 2.91. The van der Waals surface area contributed by atoms with Gasteiger partial charge in [-0.3, -0.25) is 14.6 Å². The molecule has 0 bridgehead atoms. The monoisotopic (exact) mass is 403 g/mol. The zero-order valence-corrected chi connectivity index (χ0v) is 17.3. The quantitative estimate of drug-likeness (QED) is 0.710. The lowest BCUT2D eigenvalue weighted by atomic mass is 10.00. The van der Waals surface area contributed by atoms with Crippen molar-refractivity contribution in [1.29, 1.82) is 0 Å². The Kier molecular flexibility index (Phi) is 5.61. The first-order valence-electron chi connectivity index (χ1n) is 10.1. The summed E-state index contributed by atoms with van der Waals surface area (Å²) in [5.74, 6) is 0.318. The van der Waals surface area contributed by atoms with E-state index >= 15 is 0 Å². The number of aromatic amines is 1. The van der Waals surface area contributed by atoms with Gasteiger partial charge in [-0.05, 0) is 48.2 Å². The van der Waals surface area contributed by atoms with E-state index in [1.165, 1.54) is 4.90 Å². The summed E-state index contributed by atoms with van der Waals surface area (Å²) in [6, 6.07) is 11.7. The Bertz CT molecular complexity index is 1100. The second-order valence-electron chi connectivity index (χ2n) is 7.67. The molecule has 0 saturated heterocycles. The molecular weight excluding hydrogens is 378 g/mol. The van der Waals surface area contributed by atoms with Crippen LogP contribution < -0.4 is 0 Å². The normalized spacial score (nSPS) is 13.9. The molecule has 1 aliphatic heterocycles. The number of hydrogen-bond acceptors (Lipinski definition) is 4. The molecule has 0 radical (unpaired) electrons. The van der Waals surface area contributed by atoms with Crippen LogP contribution >= 0.6 is 0 Å². The molecule has 1 N–H and O–H groups in total. The average Bonchev–Trinajstić information content (AvgIpc) is 3.21. The van der Waals surface area contributed by atoms with Crippen molar-refractivity contribution in [2.75, 3.05) is 27.2 Å². The molecule has 2 amide bonds. The van der Waals surface area contributed by atoms with E-state index in [-0.39, 0.29) is 11.8 Å². The van der Waals surface area contributed by atoms with Crippen molar-refractivity contribution in [3.63, 3.8) is 0 Å². The van der Waals surface area contributed by atoms with Gasteiger partial charge in [0.05, 0.1) is 11.0 Å². The number of hydrogen-bond donors (Lipinski definition) is 1. The minimum atomic E-state index is -0.158. The Labute approximate surface area is 175 Å². The average molecular weight is 403 g/mol. The highest BCUT2D eigenvalue weighted by Gasteiger charge is 2.20. The first-order valence-corrected chi connectivity index (χ1v) is 10.1. The van der Waals surface area contributed by atoms with Gasteiger partial charge in [0.25, 0.3) is 5.91 Å². The van der Waals surface area contributed by atoms with Gasteiger partial charge < -0.3 is 14.8 Å². The highest BCUT2D eigenvalue weighted by atomic mass is 16.2. The fourth-order valence-electron chi connectivity index (χ4n) is 3.63. The van der Waals surface area contributed by atoms with E-state index in [0.717, 1.165) is 40.8 Å². The van der Waals surface area contributed by atoms with Crippen LogP contribution in [0.25, 0.3) is 16.6 Å². The van der Waals surface area contributed by atoms with Crippen LogP contribution in [0.5, 0.6) is 0 Å². The molecule has 1 aromatic carbocycles. The molecule has 4 rings (SSSR count). The number of pyridine rings is 1. The van der Waals surface area contributed by atoms with E-state index in [0.29, 0.717) is 25.2 Å². The fourth-order valence-corrected chi connectivity index (χ4v) is 3.63. The Morgan fingerprint density at radius 2 is 2.07 bits per heavy atom. The van der Waals surface area contributed by atoms with Gasteiger partial charge >= 0.3 is 0 Å². The predicted molar refractivity (Wildman–Crippen MR) is 116 cm³/mol. The number of aromatic nitrogens is 3. The second kappa shape index (κ2) is 8.49. The summed E-state index contributed by atoms with van der Waals surface area (Å²) in [5.41, 5.74) is 4.66. The zero-order chi connectivity index (χ0) is 21.1. The van der Waals surface area contributed by atoms with E-state index < -0.39 is 0 Å². The summed E-state index contributed by atoms with van der Waals surface area (Å²) in [7, 11) is 3.40. The number of H-pyrrole nitrogens is 1. The van der Waals surface area contributed by atoms with Gasteiger partial charge in [-0.15, -0.1) is 0 Å². The molecule has 0 atom stereocenters. The highest BCUT2D eigenvalue weighted by Crippen LogP contribution is 2.24. The summed E-state index contributed by atoms with van der Waals surface area (Å²) < 4.78 is 0. The molecule has 3 aromatic rings. The maximum absolute atomic E-state index is 12.7. The lowest BCUT2D eigenvalue weighted by Crippen LogP contribution is -2.35. The Balaban J connectivity index is 1.46. The summed E-state index contributed by atoms with van der Waals surface area (Å²) in [6.45, 7) is 1.32. The Hall–Kier alpha value is -3.48. The van der Waals surface area contributed by atoms with E-state index in [1.54, 1.807) is 20.3 Å². The van der Waals surface area contributed by atoms with Gasteiger partial charge in [-0.1, -0.05) is 18.2 Å². The zero-order valence-electron chi connectivity index (χ0n) is 17.3. The van der Waals surface area contributed by atoms with Crippen LogP contribution in [-0.4, -0.2) is 63.8 Å². The van der Waals surface area contributed by atoms with Gasteiger partial charge in [0.1, 0.15) is 0 Å². The molecule has 0 aliphatic carbocycles. The van der Waals surface area contributed by atoms with Crippen molar-refractivity contribution in [3.8, 4) is 0 Å². The number of carbonyl (C=O) groups is 2. The minimum Gasteiger partial charge on any atom is -0.342 e. The fraction of sp³-hybridized carbons (Fsp3) is 0.304. The van der Waals surface area contributed by atoms with E-state index in [4.69, 9.17) is 0 Å². The van der Waals surface area contributed by atoms with E-state index in [2.05, 4.69) is 21.0 Å². The van der Waals surface area contributed by atoms with Gasteiger partial charge in [-0.2, -0.15) is 0 Å². The molecule has 2 aromatic heterocycles. The Morgan fingerprint density at radius 3 is 2.83 bits per heavy atom. The number of aryl methyl sites for hydroxylation is 1. The number of amides is 2. The van der Waals surface area contributed by atoms with Crippen molar-refractivity contribution in [2.24, 2.45) is 0 Å². The van der Waals surface area contributed by atoms with Crippen LogP contribution in [0.15, 0.2) is 48.7 Å². The van der Waals surface area contributed by atoms with E-state index in [9.17, 15) is 9.59 Å². The molecule has 30 heavy (non-hydrogen) atoms. The van der Waals surface area contributed by atoms with Crippen molar-refractivity contribution >= 4 is 28.4 Å². The van der Waals surface area contributed by atoms with Crippen molar-refractivity contribution in [2.45, 2.75) is 19.3 Å². The van der Waals surface area contributed by atoms with Gasteiger partial charge in [0, 0.05) is 45.5 Å². The minimum absolute atomic E-state index is 0.146. The number of nitrogens with zero attached hydrogens (tertiary/aromatic N) is 4. The first-order chi connectivity index (χ1) is 14.5. The third kappa shape index (κ3) is 4.25. The molecule has 7 heteroatoms. The highest BCUT2D eigenvalue weighted by molar-refractivity contribution is 5.94. The SMILES string of the molecule is CN(C)C(=O)c1nc2ccc(C3=CCCN(C(=O)CCc4ccccn4)C3)cc2[nH]1. The first kappa shape index (κ1) is 19.8. The standard InChI is InChI=1S/C23H25N5O2/c1-27(2)23(30)22-25-19-10-8-16(14-20(19)26-22)17-6-5-13-28(15-17)21(29)11-9-18-7-3-4-12-24-18/h3-4,6-8,10,12,14H,5,9,11,13,15H2,1-2H3,(H,25,26). The number of nitrogens with one attached hydrogen (secondary N) is 1. The largest absolute Gasteiger partial charge is 0.342 e. The molecular formula is C23H25N5O2. The van der Waals surface area contributed by atoms with Gasteiger partial charge in [0.15, 0.2) is 5.82 Å². The topological polar surface area (TPSA) is 82.2 Å². The van der Waals surface area contributed by atoms with E-state index in [1.807, 2.05) is 41.3 Å². The number of rotatable bonds is 5. The number of fused-ring (bicyclic) bond motifs is 1. The maximum atomic E-state index is 12.7. The smallest absolute Gasteiger partial charge is 0.289 e. The van der Waals surface area contributed by atoms with Crippen molar-refractivity contribution < 1.29 is 9.59 Å². The second-order valence-corrected chi connectivity index (χ2v) is 7.67. The third-order valence-electron chi connectivity index (χ3n) is 5.29.